The van der Waals surface area contributed by atoms with Crippen molar-refractivity contribution in [3.8, 4) is 0 Å². The Morgan fingerprint density at radius 1 is 1.15 bits per heavy atom. The van der Waals surface area contributed by atoms with E-state index in [1.54, 1.807) is 0 Å². The van der Waals surface area contributed by atoms with Gasteiger partial charge in [0.1, 0.15) is 5.76 Å². The topological polar surface area (TPSA) is 82.7 Å². The Labute approximate surface area is 175 Å². The maximum absolute atomic E-state index is 10.7. The molecular formula is C19H37IN4O2. The van der Waals surface area contributed by atoms with E-state index in [2.05, 4.69) is 34.6 Å². The molecule has 7 heteroatoms. The van der Waals surface area contributed by atoms with E-state index >= 15 is 0 Å². The number of hydrogen-bond acceptors (Lipinski definition) is 4. The molecule has 0 spiro atoms. The van der Waals surface area contributed by atoms with Crippen molar-refractivity contribution in [2.24, 2.45) is 4.99 Å². The minimum absolute atomic E-state index is 0. The molecule has 0 aromatic carbocycles. The van der Waals surface area contributed by atoms with Crippen LogP contribution in [0.4, 0.5) is 0 Å². The Morgan fingerprint density at radius 3 is 2.31 bits per heavy atom. The van der Waals surface area contributed by atoms with Crippen LogP contribution in [0.25, 0.3) is 0 Å². The summed E-state index contributed by atoms with van der Waals surface area (Å²) in [5, 5.41) is 21.3. The molecule has 26 heavy (non-hydrogen) atoms. The fourth-order valence-corrected chi connectivity index (χ4v) is 3.11. The van der Waals surface area contributed by atoms with Crippen molar-refractivity contribution >= 4 is 29.9 Å². The van der Waals surface area contributed by atoms with E-state index in [0.717, 1.165) is 69.0 Å². The van der Waals surface area contributed by atoms with Crippen LogP contribution in [0.3, 0.4) is 0 Å². The second-order valence-corrected chi connectivity index (χ2v) is 6.75. The van der Waals surface area contributed by atoms with Gasteiger partial charge in [0.2, 0.25) is 0 Å². The number of nitrogens with zero attached hydrogens (tertiary/aromatic N) is 2. The standard InChI is InChI=1S/C19H36N4O2.HI/c1-6-11-19(24,12-7-2)14-22-18(20-8-3)21-13-9-10-17-15(4)23-25-16(17)5;/h24H,6-14H2,1-5H3,(H2,20,21,22);1H. The zero-order valence-corrected chi connectivity index (χ0v) is 19.4. The molecule has 0 amide bonds. The van der Waals surface area contributed by atoms with E-state index in [1.165, 1.54) is 5.56 Å². The Kier molecular flexibility index (Phi) is 12.9. The van der Waals surface area contributed by atoms with Gasteiger partial charge in [-0.3, -0.25) is 4.99 Å². The predicted octanol–water partition coefficient (Wildman–Crippen LogP) is 3.73. The average molecular weight is 480 g/mol. The first-order chi connectivity index (χ1) is 12.0. The van der Waals surface area contributed by atoms with Gasteiger partial charge in [0.25, 0.3) is 0 Å². The minimum atomic E-state index is -0.692. The van der Waals surface area contributed by atoms with Crippen LogP contribution in [0.15, 0.2) is 9.52 Å². The molecule has 0 aliphatic heterocycles. The Bertz CT molecular complexity index is 506. The number of aliphatic imine (C=N–C) groups is 1. The van der Waals surface area contributed by atoms with Crippen molar-refractivity contribution in [3.63, 3.8) is 0 Å². The van der Waals surface area contributed by atoms with Gasteiger partial charge in [0.15, 0.2) is 5.96 Å². The third-order valence-electron chi connectivity index (χ3n) is 4.38. The maximum Gasteiger partial charge on any atom is 0.191 e. The Balaban J connectivity index is 0.00000625. The molecule has 0 aliphatic carbocycles. The largest absolute Gasteiger partial charge is 0.388 e. The molecule has 0 fully saturated rings. The first-order valence-corrected chi connectivity index (χ1v) is 9.62. The van der Waals surface area contributed by atoms with E-state index < -0.39 is 5.60 Å². The van der Waals surface area contributed by atoms with E-state index in [1.807, 2.05) is 20.8 Å². The quantitative estimate of drug-likeness (QED) is 0.195. The average Bonchev–Trinajstić information content (AvgIpc) is 2.88. The maximum atomic E-state index is 10.7. The van der Waals surface area contributed by atoms with Crippen molar-refractivity contribution in [3.05, 3.63) is 17.0 Å². The smallest absolute Gasteiger partial charge is 0.191 e. The molecule has 0 unspecified atom stereocenters. The van der Waals surface area contributed by atoms with Gasteiger partial charge in [0, 0.05) is 18.7 Å². The Morgan fingerprint density at radius 2 is 1.81 bits per heavy atom. The molecule has 1 heterocycles. The van der Waals surface area contributed by atoms with Crippen molar-refractivity contribution in [1.82, 2.24) is 15.8 Å². The highest BCUT2D eigenvalue weighted by Gasteiger charge is 2.24. The van der Waals surface area contributed by atoms with Crippen molar-refractivity contribution in [2.45, 2.75) is 78.7 Å². The molecule has 152 valence electrons. The SMILES string of the molecule is CCCC(O)(CCC)CN=C(NCC)NCCCc1c(C)noc1C.I. The van der Waals surface area contributed by atoms with E-state index in [-0.39, 0.29) is 24.0 Å². The van der Waals surface area contributed by atoms with Gasteiger partial charge in [-0.1, -0.05) is 31.8 Å². The van der Waals surface area contributed by atoms with Crippen LogP contribution in [0.2, 0.25) is 0 Å². The lowest BCUT2D eigenvalue weighted by Gasteiger charge is -2.26. The summed E-state index contributed by atoms with van der Waals surface area (Å²) in [4.78, 5) is 4.61. The molecule has 3 N–H and O–H groups in total. The van der Waals surface area contributed by atoms with Crippen molar-refractivity contribution in [1.29, 1.82) is 0 Å². The van der Waals surface area contributed by atoms with Crippen LogP contribution in [-0.4, -0.2) is 41.5 Å². The molecule has 1 aromatic rings. The Hall–Kier alpha value is -0.830. The summed E-state index contributed by atoms with van der Waals surface area (Å²) in [6.45, 7) is 12.2. The molecule has 0 saturated carbocycles. The predicted molar refractivity (Wildman–Crippen MR) is 118 cm³/mol. The highest BCUT2D eigenvalue weighted by Crippen LogP contribution is 2.19. The molecule has 0 saturated heterocycles. The molecule has 0 atom stereocenters. The van der Waals surface area contributed by atoms with Gasteiger partial charge in [-0.05, 0) is 46.5 Å². The number of hydrogen-bond donors (Lipinski definition) is 3. The third kappa shape index (κ3) is 8.70. The first kappa shape index (κ1) is 25.2. The molecule has 0 aliphatic rings. The summed E-state index contributed by atoms with van der Waals surface area (Å²) in [5.41, 5.74) is 1.48. The number of guanidine groups is 1. The first-order valence-electron chi connectivity index (χ1n) is 9.62. The van der Waals surface area contributed by atoms with Crippen LogP contribution in [0.5, 0.6) is 0 Å². The molecule has 6 nitrogen and oxygen atoms in total. The van der Waals surface area contributed by atoms with Crippen LogP contribution >= 0.6 is 24.0 Å². The molecule has 1 rings (SSSR count). The third-order valence-corrected chi connectivity index (χ3v) is 4.38. The summed E-state index contributed by atoms with van der Waals surface area (Å²) in [5.74, 6) is 1.68. The zero-order chi connectivity index (χ0) is 18.7. The number of aliphatic hydroxyl groups is 1. The van der Waals surface area contributed by atoms with Crippen molar-refractivity contribution < 1.29 is 9.63 Å². The van der Waals surface area contributed by atoms with Gasteiger partial charge in [0.05, 0.1) is 17.8 Å². The summed E-state index contributed by atoms with van der Waals surface area (Å²) in [6.07, 6.45) is 5.41. The molecule has 0 radical (unpaired) electrons. The summed E-state index contributed by atoms with van der Waals surface area (Å²) < 4.78 is 5.20. The van der Waals surface area contributed by atoms with E-state index in [0.29, 0.717) is 6.54 Å². The normalized spacial score (nSPS) is 12.0. The highest BCUT2D eigenvalue weighted by molar-refractivity contribution is 14.0. The second kappa shape index (κ2) is 13.4. The summed E-state index contributed by atoms with van der Waals surface area (Å²) in [6, 6.07) is 0. The van der Waals surface area contributed by atoms with Crippen LogP contribution in [-0.2, 0) is 6.42 Å². The zero-order valence-electron chi connectivity index (χ0n) is 17.0. The molecular weight excluding hydrogens is 443 g/mol. The van der Waals surface area contributed by atoms with Crippen LogP contribution < -0.4 is 10.6 Å². The number of rotatable bonds is 11. The van der Waals surface area contributed by atoms with Crippen LogP contribution in [0.1, 0.15) is 69.9 Å². The summed E-state index contributed by atoms with van der Waals surface area (Å²) in [7, 11) is 0. The molecule has 1 aromatic heterocycles. The second-order valence-electron chi connectivity index (χ2n) is 6.75. The number of aromatic nitrogens is 1. The van der Waals surface area contributed by atoms with Gasteiger partial charge in [-0.2, -0.15) is 0 Å². The molecule has 0 bridgehead atoms. The van der Waals surface area contributed by atoms with Gasteiger partial charge in [-0.25, -0.2) is 0 Å². The number of aryl methyl sites for hydroxylation is 2. The number of nitrogens with one attached hydrogen (secondary N) is 2. The van der Waals surface area contributed by atoms with E-state index in [4.69, 9.17) is 4.52 Å². The monoisotopic (exact) mass is 480 g/mol. The van der Waals surface area contributed by atoms with E-state index in [9.17, 15) is 5.11 Å². The van der Waals surface area contributed by atoms with Gasteiger partial charge < -0.3 is 20.3 Å². The highest BCUT2D eigenvalue weighted by atomic mass is 127. The lowest BCUT2D eigenvalue weighted by Crippen LogP contribution is -2.40. The summed E-state index contributed by atoms with van der Waals surface area (Å²) >= 11 is 0. The fraction of sp³-hybridized carbons (Fsp3) is 0.789. The van der Waals surface area contributed by atoms with Gasteiger partial charge in [-0.15, -0.1) is 24.0 Å². The van der Waals surface area contributed by atoms with Crippen molar-refractivity contribution in [2.75, 3.05) is 19.6 Å². The van der Waals surface area contributed by atoms with Gasteiger partial charge >= 0.3 is 0 Å². The minimum Gasteiger partial charge on any atom is -0.388 e. The van der Waals surface area contributed by atoms with Crippen LogP contribution in [0, 0.1) is 13.8 Å². The number of halogens is 1. The lowest BCUT2D eigenvalue weighted by molar-refractivity contribution is 0.0306. The lowest BCUT2D eigenvalue weighted by atomic mass is 9.93. The fourth-order valence-electron chi connectivity index (χ4n) is 3.11.